The highest BCUT2D eigenvalue weighted by Crippen LogP contribution is 2.26. The Hall–Kier alpha value is -2.18. The fourth-order valence-electron chi connectivity index (χ4n) is 2.81. The summed E-state index contributed by atoms with van der Waals surface area (Å²) >= 11 is 1.70. The van der Waals surface area contributed by atoms with Crippen LogP contribution in [0.25, 0.3) is 0 Å². The van der Waals surface area contributed by atoms with Crippen LogP contribution < -0.4 is 4.74 Å². The summed E-state index contributed by atoms with van der Waals surface area (Å²) in [6.45, 7) is 4.75. The van der Waals surface area contributed by atoms with E-state index in [1.54, 1.807) is 11.3 Å². The van der Waals surface area contributed by atoms with Gasteiger partial charge in [0, 0.05) is 42.6 Å². The first-order valence-electron chi connectivity index (χ1n) is 9.00. The first kappa shape index (κ1) is 18.6. The molecule has 1 aromatic carbocycles. The Bertz CT molecular complexity index is 758. The predicted octanol–water partition coefficient (Wildman–Crippen LogP) is 4.39. The van der Waals surface area contributed by atoms with E-state index in [0.717, 1.165) is 43.3 Å². The van der Waals surface area contributed by atoms with Crippen molar-refractivity contribution >= 4 is 11.3 Å². The van der Waals surface area contributed by atoms with Gasteiger partial charge in [0.05, 0.1) is 19.0 Å². The second kappa shape index (κ2) is 9.50. The van der Waals surface area contributed by atoms with Gasteiger partial charge in [-0.3, -0.25) is 4.90 Å². The smallest absolute Gasteiger partial charge is 0.123 e. The van der Waals surface area contributed by atoms with Crippen molar-refractivity contribution in [2.75, 3.05) is 13.7 Å². The van der Waals surface area contributed by atoms with Crippen LogP contribution in [0.3, 0.4) is 0 Å². The number of rotatable bonds is 10. The molecule has 0 aliphatic heterocycles. The second-order valence-electron chi connectivity index (χ2n) is 6.43. The van der Waals surface area contributed by atoms with Crippen LogP contribution in [0.2, 0.25) is 0 Å². The van der Waals surface area contributed by atoms with Gasteiger partial charge in [-0.1, -0.05) is 18.2 Å². The number of para-hydroxylation sites is 1. The minimum absolute atomic E-state index is 0.290. The Kier molecular flexibility index (Phi) is 6.80. The summed E-state index contributed by atoms with van der Waals surface area (Å²) in [7, 11) is 2.13. The molecule has 2 aromatic heterocycles. The summed E-state index contributed by atoms with van der Waals surface area (Å²) < 4.78 is 8.16. The lowest BCUT2D eigenvalue weighted by Crippen LogP contribution is -2.22. The molecule has 0 aliphatic rings. The van der Waals surface area contributed by atoms with Gasteiger partial charge >= 0.3 is 0 Å². The van der Waals surface area contributed by atoms with Gasteiger partial charge in [0.1, 0.15) is 10.8 Å². The molecule has 138 valence electrons. The van der Waals surface area contributed by atoms with Crippen molar-refractivity contribution in [1.82, 2.24) is 19.4 Å². The molecular weight excluding hydrogens is 344 g/mol. The summed E-state index contributed by atoms with van der Waals surface area (Å²) in [5, 5.41) is 3.17. The van der Waals surface area contributed by atoms with E-state index in [9.17, 15) is 0 Å². The van der Waals surface area contributed by atoms with Crippen molar-refractivity contribution in [2.24, 2.45) is 0 Å². The number of hydrogen-bond acceptors (Lipinski definition) is 5. The lowest BCUT2D eigenvalue weighted by Gasteiger charge is -2.24. The van der Waals surface area contributed by atoms with Crippen molar-refractivity contribution in [1.29, 1.82) is 0 Å². The van der Waals surface area contributed by atoms with Crippen LogP contribution >= 0.6 is 11.3 Å². The predicted molar refractivity (Wildman–Crippen MR) is 105 cm³/mol. The van der Waals surface area contributed by atoms with Crippen LogP contribution in [0.1, 0.15) is 36.4 Å². The normalized spacial score (nSPS) is 12.4. The maximum absolute atomic E-state index is 6.06. The van der Waals surface area contributed by atoms with E-state index in [4.69, 9.17) is 4.74 Å². The first-order chi connectivity index (χ1) is 12.7. The number of aromatic nitrogens is 3. The lowest BCUT2D eigenvalue weighted by molar-refractivity contribution is 0.242. The minimum Gasteiger partial charge on any atom is -0.493 e. The highest BCUT2D eigenvalue weighted by molar-refractivity contribution is 7.09. The van der Waals surface area contributed by atoms with E-state index in [1.165, 1.54) is 5.56 Å². The Balaban J connectivity index is 1.49. The number of unbranched alkanes of at least 4 members (excludes halogenated alkanes) is 1. The maximum atomic E-state index is 6.06. The van der Waals surface area contributed by atoms with Gasteiger partial charge in [0.2, 0.25) is 0 Å². The monoisotopic (exact) mass is 370 g/mol. The summed E-state index contributed by atoms with van der Waals surface area (Å²) in [4.78, 5) is 10.8. The summed E-state index contributed by atoms with van der Waals surface area (Å²) in [6.07, 6.45) is 9.64. The van der Waals surface area contributed by atoms with Crippen LogP contribution in [-0.2, 0) is 13.1 Å². The molecule has 3 aromatic rings. The van der Waals surface area contributed by atoms with Gasteiger partial charge in [-0.05, 0) is 32.9 Å². The Morgan fingerprint density at radius 3 is 2.88 bits per heavy atom. The van der Waals surface area contributed by atoms with Crippen LogP contribution in [0.5, 0.6) is 5.75 Å². The lowest BCUT2D eigenvalue weighted by atomic mass is 10.1. The Labute approximate surface area is 159 Å². The van der Waals surface area contributed by atoms with Crippen LogP contribution in [0.4, 0.5) is 0 Å². The molecule has 0 saturated carbocycles. The largest absolute Gasteiger partial charge is 0.493 e. The third-order valence-electron chi connectivity index (χ3n) is 4.49. The number of imidazole rings is 1. The minimum atomic E-state index is 0.290. The van der Waals surface area contributed by atoms with Gasteiger partial charge in [0.25, 0.3) is 0 Å². The summed E-state index contributed by atoms with van der Waals surface area (Å²) in [5.74, 6) is 0.980. The molecule has 0 aliphatic carbocycles. The quantitative estimate of drug-likeness (QED) is 0.496. The molecule has 26 heavy (non-hydrogen) atoms. The molecule has 3 rings (SSSR count). The maximum Gasteiger partial charge on any atom is 0.123 e. The van der Waals surface area contributed by atoms with Crippen molar-refractivity contribution in [2.45, 2.75) is 38.9 Å². The van der Waals surface area contributed by atoms with Crippen molar-refractivity contribution in [3.05, 3.63) is 65.1 Å². The molecule has 5 nitrogen and oxygen atoms in total. The van der Waals surface area contributed by atoms with E-state index in [2.05, 4.69) is 51.6 Å². The van der Waals surface area contributed by atoms with Crippen LogP contribution in [0, 0.1) is 0 Å². The highest BCUT2D eigenvalue weighted by Gasteiger charge is 2.15. The fourth-order valence-corrected chi connectivity index (χ4v) is 3.57. The average Bonchev–Trinajstić information content (AvgIpc) is 3.36. The van der Waals surface area contributed by atoms with Crippen LogP contribution in [-0.4, -0.2) is 33.1 Å². The summed E-state index contributed by atoms with van der Waals surface area (Å²) in [5.41, 5.74) is 1.22. The third-order valence-corrected chi connectivity index (χ3v) is 5.44. The van der Waals surface area contributed by atoms with E-state index in [1.807, 2.05) is 36.4 Å². The fraction of sp³-hybridized carbons (Fsp3) is 0.400. The molecule has 0 spiro atoms. The number of thiazole rings is 1. The number of ether oxygens (including phenoxy) is 1. The molecule has 2 heterocycles. The van der Waals surface area contributed by atoms with E-state index >= 15 is 0 Å². The van der Waals surface area contributed by atoms with E-state index < -0.39 is 0 Å². The number of aryl methyl sites for hydroxylation is 1. The summed E-state index contributed by atoms with van der Waals surface area (Å²) in [6, 6.07) is 8.61. The second-order valence-corrected chi connectivity index (χ2v) is 7.35. The Morgan fingerprint density at radius 1 is 1.23 bits per heavy atom. The molecule has 0 radical (unpaired) electrons. The molecule has 0 saturated heterocycles. The van der Waals surface area contributed by atoms with Crippen LogP contribution in [0.15, 0.2) is 54.6 Å². The number of benzene rings is 1. The molecule has 1 atom stereocenters. The SMILES string of the molecule is C[C@@H](c1nccs1)N(C)Cc1ccccc1OCCCCn1ccnc1. The molecule has 0 bridgehead atoms. The molecule has 6 heteroatoms. The molecule has 0 fully saturated rings. The standard InChI is InChI=1S/C20H26N4OS/c1-17(20-22-10-14-26-20)23(2)15-18-7-3-4-8-19(18)25-13-6-5-11-24-12-9-21-16-24/h3-4,7-10,12,14,16-17H,5-6,11,13,15H2,1-2H3/t17-/m0/s1. The highest BCUT2D eigenvalue weighted by atomic mass is 32.1. The van der Waals surface area contributed by atoms with Gasteiger partial charge in [-0.2, -0.15) is 0 Å². The zero-order valence-corrected chi connectivity index (χ0v) is 16.2. The zero-order valence-electron chi connectivity index (χ0n) is 15.4. The Morgan fingerprint density at radius 2 is 2.12 bits per heavy atom. The van der Waals surface area contributed by atoms with Gasteiger partial charge < -0.3 is 9.30 Å². The topological polar surface area (TPSA) is 43.2 Å². The van der Waals surface area contributed by atoms with Gasteiger partial charge in [-0.25, -0.2) is 9.97 Å². The molecular formula is C20H26N4OS. The molecule has 0 unspecified atom stereocenters. The van der Waals surface area contributed by atoms with E-state index in [-0.39, 0.29) is 0 Å². The zero-order chi connectivity index (χ0) is 18.2. The van der Waals surface area contributed by atoms with Gasteiger partial charge in [-0.15, -0.1) is 11.3 Å². The molecule has 0 N–H and O–H groups in total. The van der Waals surface area contributed by atoms with E-state index in [0.29, 0.717) is 6.04 Å². The van der Waals surface area contributed by atoms with Gasteiger partial charge in [0.15, 0.2) is 0 Å². The number of hydrogen-bond donors (Lipinski definition) is 0. The first-order valence-corrected chi connectivity index (χ1v) is 9.88. The van der Waals surface area contributed by atoms with Crippen molar-refractivity contribution < 1.29 is 4.74 Å². The van der Waals surface area contributed by atoms with Crippen molar-refractivity contribution in [3.63, 3.8) is 0 Å². The number of nitrogens with zero attached hydrogens (tertiary/aromatic N) is 4. The third kappa shape index (κ3) is 5.16. The molecule has 0 amide bonds. The van der Waals surface area contributed by atoms with Crippen molar-refractivity contribution in [3.8, 4) is 5.75 Å². The average molecular weight is 371 g/mol.